The number of ether oxygens (including phenoxy) is 3. The van der Waals surface area contributed by atoms with Gasteiger partial charge in [-0.3, -0.25) is 14.6 Å². The second-order valence-corrected chi connectivity index (χ2v) is 8.80. The molecule has 0 aliphatic heterocycles. The summed E-state index contributed by atoms with van der Waals surface area (Å²) >= 11 is 0. The first-order chi connectivity index (χ1) is 16.9. The fourth-order valence-electron chi connectivity index (χ4n) is 4.41. The van der Waals surface area contributed by atoms with E-state index in [0.717, 1.165) is 43.4 Å². The summed E-state index contributed by atoms with van der Waals surface area (Å²) in [6, 6.07) is 8.93. The number of carbonyl (C=O) groups is 2. The zero-order valence-corrected chi connectivity index (χ0v) is 20.8. The Morgan fingerprint density at radius 3 is 2.54 bits per heavy atom. The fourth-order valence-corrected chi connectivity index (χ4v) is 4.41. The van der Waals surface area contributed by atoms with Crippen molar-refractivity contribution in [2.24, 2.45) is 11.8 Å². The largest absolute Gasteiger partial charge is 0.495 e. The molecule has 8 heteroatoms. The minimum absolute atomic E-state index is 0.0410. The molecule has 3 rings (SSSR count). The van der Waals surface area contributed by atoms with E-state index in [4.69, 9.17) is 14.2 Å². The third-order valence-electron chi connectivity index (χ3n) is 6.57. The van der Waals surface area contributed by atoms with Crippen molar-refractivity contribution in [3.05, 3.63) is 52.8 Å². The monoisotopic (exact) mass is 479 g/mol. The summed E-state index contributed by atoms with van der Waals surface area (Å²) in [4.78, 5) is 28.8. The molecule has 1 aromatic carbocycles. The summed E-state index contributed by atoms with van der Waals surface area (Å²) in [6.45, 7) is 4.44. The van der Waals surface area contributed by atoms with Crippen molar-refractivity contribution in [2.45, 2.75) is 52.1 Å². The van der Waals surface area contributed by atoms with Crippen LogP contribution in [0.1, 0.15) is 72.8 Å². The number of esters is 1. The molecule has 1 fully saturated rings. The number of aromatic nitrogens is 1. The summed E-state index contributed by atoms with van der Waals surface area (Å²) in [5.74, 6) is 0.906. The zero-order chi connectivity index (χ0) is 25.4. The topological polar surface area (TPSA) is 111 Å². The number of nitrogens with one attached hydrogen (secondary N) is 1. The number of carbonyl (C=O) groups excluding carboxylic acids is 2. The third-order valence-corrected chi connectivity index (χ3v) is 6.57. The van der Waals surface area contributed by atoms with Crippen molar-refractivity contribution in [1.82, 2.24) is 10.3 Å². The lowest BCUT2D eigenvalue weighted by molar-refractivity contribution is -0.146. The van der Waals surface area contributed by atoms with E-state index in [0.29, 0.717) is 29.5 Å². The summed E-state index contributed by atoms with van der Waals surface area (Å²) < 4.78 is 16.3. The van der Waals surface area contributed by atoms with Gasteiger partial charge in [0.25, 0.3) is 5.91 Å². The van der Waals surface area contributed by atoms with Gasteiger partial charge in [-0.25, -0.2) is 0 Å². The van der Waals surface area contributed by atoms with Gasteiger partial charge in [0.2, 0.25) is 0 Å². The Bertz CT molecular complexity index is 1090. The quantitative estimate of drug-likeness (QED) is 0.532. The maximum absolute atomic E-state index is 12.7. The number of methoxy groups -OCH3 is 2. The van der Waals surface area contributed by atoms with Gasteiger partial charge in [0.1, 0.15) is 23.7 Å². The number of aryl methyl sites for hydroxylation is 1. The molecule has 1 saturated carbocycles. The van der Waals surface area contributed by atoms with Crippen molar-refractivity contribution in [3.63, 3.8) is 0 Å². The van der Waals surface area contributed by atoms with Crippen LogP contribution in [0.5, 0.6) is 11.5 Å². The molecular weight excluding hydrogens is 446 g/mol. The van der Waals surface area contributed by atoms with Crippen molar-refractivity contribution >= 4 is 11.9 Å². The highest BCUT2D eigenvalue weighted by atomic mass is 16.5. The van der Waals surface area contributed by atoms with Crippen LogP contribution < -0.4 is 14.8 Å². The SMILES string of the molecule is CCc1cc([C@H](C)Oc2ccc(C(=O)NCC3CCC(C(=O)OC)CC3)cc2C#N)c(OC)cn1. The van der Waals surface area contributed by atoms with Gasteiger partial charge in [-0.1, -0.05) is 6.92 Å². The summed E-state index contributed by atoms with van der Waals surface area (Å²) in [7, 11) is 3.00. The normalized spacial score (nSPS) is 18.1. The van der Waals surface area contributed by atoms with E-state index in [-0.39, 0.29) is 29.5 Å². The van der Waals surface area contributed by atoms with E-state index in [2.05, 4.69) is 16.4 Å². The standard InChI is InChI=1S/C27H33N3O5/c1-5-22-13-23(25(33-3)16-29-22)17(2)35-24-11-10-20(12-21(24)14-28)26(31)30-15-18-6-8-19(9-7-18)27(32)34-4/h10-13,16-19H,5-9,15H2,1-4H3,(H,30,31)/t17-,18?,19?/m0/s1. The predicted octanol–water partition coefficient (Wildman–Crippen LogP) is 4.37. The first-order valence-electron chi connectivity index (χ1n) is 12.0. The van der Waals surface area contributed by atoms with E-state index in [1.807, 2.05) is 19.9 Å². The highest BCUT2D eigenvalue weighted by Gasteiger charge is 2.27. The molecule has 1 aliphatic rings. The minimum atomic E-state index is -0.384. The fraction of sp³-hybridized carbons (Fsp3) is 0.481. The molecular formula is C27H33N3O5. The van der Waals surface area contributed by atoms with E-state index < -0.39 is 0 Å². The van der Waals surface area contributed by atoms with Crippen LogP contribution in [0.2, 0.25) is 0 Å². The molecule has 186 valence electrons. The van der Waals surface area contributed by atoms with Crippen LogP contribution >= 0.6 is 0 Å². The second kappa shape index (κ2) is 12.2. The molecule has 0 unspecified atom stereocenters. The van der Waals surface area contributed by atoms with Crippen molar-refractivity contribution in [1.29, 1.82) is 5.26 Å². The lowest BCUT2D eigenvalue weighted by atomic mass is 9.82. The predicted molar refractivity (Wildman–Crippen MR) is 130 cm³/mol. The minimum Gasteiger partial charge on any atom is -0.495 e. The summed E-state index contributed by atoms with van der Waals surface area (Å²) in [5.41, 5.74) is 2.45. The molecule has 1 aliphatic carbocycles. The number of pyridine rings is 1. The number of nitrogens with zero attached hydrogens (tertiary/aromatic N) is 2. The number of amides is 1. The molecule has 0 bridgehead atoms. The van der Waals surface area contributed by atoms with E-state index in [1.165, 1.54) is 7.11 Å². The Labute approximate surface area is 206 Å². The number of hydrogen-bond acceptors (Lipinski definition) is 7. The van der Waals surface area contributed by atoms with Gasteiger partial charge in [-0.05, 0) is 69.2 Å². The van der Waals surface area contributed by atoms with Crippen LogP contribution in [-0.2, 0) is 16.0 Å². The lowest BCUT2D eigenvalue weighted by Crippen LogP contribution is -2.32. The smallest absolute Gasteiger partial charge is 0.308 e. The number of benzene rings is 1. The van der Waals surface area contributed by atoms with Crippen LogP contribution in [0.25, 0.3) is 0 Å². The maximum Gasteiger partial charge on any atom is 0.308 e. The second-order valence-electron chi connectivity index (χ2n) is 8.80. The molecule has 0 saturated heterocycles. The van der Waals surface area contributed by atoms with E-state index in [9.17, 15) is 14.9 Å². The Morgan fingerprint density at radius 2 is 1.91 bits per heavy atom. The van der Waals surface area contributed by atoms with Crippen LogP contribution in [0.3, 0.4) is 0 Å². The molecule has 35 heavy (non-hydrogen) atoms. The highest BCUT2D eigenvalue weighted by Crippen LogP contribution is 2.32. The lowest BCUT2D eigenvalue weighted by Gasteiger charge is -2.27. The molecule has 1 atom stereocenters. The van der Waals surface area contributed by atoms with Gasteiger partial charge in [-0.15, -0.1) is 0 Å². The molecule has 1 heterocycles. The van der Waals surface area contributed by atoms with Gasteiger partial charge in [-0.2, -0.15) is 5.26 Å². The van der Waals surface area contributed by atoms with Crippen LogP contribution in [0.4, 0.5) is 0 Å². The number of rotatable bonds is 9. The van der Waals surface area contributed by atoms with Crippen molar-refractivity contribution in [2.75, 3.05) is 20.8 Å². The molecule has 0 spiro atoms. The first kappa shape index (κ1) is 26.0. The van der Waals surface area contributed by atoms with Gasteiger partial charge >= 0.3 is 5.97 Å². The van der Waals surface area contributed by atoms with Crippen LogP contribution in [-0.4, -0.2) is 37.6 Å². The third kappa shape index (κ3) is 6.50. The Hall–Kier alpha value is -3.60. The Balaban J connectivity index is 1.63. The molecule has 2 aromatic rings. The first-order valence-corrected chi connectivity index (χ1v) is 12.0. The number of hydrogen-bond donors (Lipinski definition) is 1. The maximum atomic E-state index is 12.7. The molecule has 1 N–H and O–H groups in total. The number of nitriles is 1. The zero-order valence-electron chi connectivity index (χ0n) is 20.8. The summed E-state index contributed by atoms with van der Waals surface area (Å²) in [5, 5.41) is 12.6. The van der Waals surface area contributed by atoms with Crippen molar-refractivity contribution in [3.8, 4) is 17.6 Å². The van der Waals surface area contributed by atoms with Crippen molar-refractivity contribution < 1.29 is 23.8 Å². The van der Waals surface area contributed by atoms with Gasteiger partial charge in [0.05, 0.1) is 31.9 Å². The summed E-state index contributed by atoms with van der Waals surface area (Å²) in [6.07, 6.45) is 5.36. The Morgan fingerprint density at radius 1 is 1.17 bits per heavy atom. The molecule has 8 nitrogen and oxygen atoms in total. The van der Waals surface area contributed by atoms with Crippen LogP contribution in [0.15, 0.2) is 30.5 Å². The molecule has 0 radical (unpaired) electrons. The van der Waals surface area contributed by atoms with Crippen LogP contribution in [0, 0.1) is 23.2 Å². The molecule has 1 amide bonds. The van der Waals surface area contributed by atoms with E-state index >= 15 is 0 Å². The Kier molecular flexibility index (Phi) is 9.07. The average molecular weight is 480 g/mol. The molecule has 1 aromatic heterocycles. The highest BCUT2D eigenvalue weighted by molar-refractivity contribution is 5.94. The van der Waals surface area contributed by atoms with Gasteiger partial charge < -0.3 is 19.5 Å². The van der Waals surface area contributed by atoms with Gasteiger partial charge in [0, 0.05) is 23.4 Å². The van der Waals surface area contributed by atoms with E-state index in [1.54, 1.807) is 31.5 Å². The van der Waals surface area contributed by atoms with Gasteiger partial charge in [0.15, 0.2) is 0 Å². The average Bonchev–Trinajstić information content (AvgIpc) is 2.91.